The molecule has 0 atom stereocenters. The summed E-state index contributed by atoms with van der Waals surface area (Å²) in [5, 5.41) is 16.4. The zero-order valence-corrected chi connectivity index (χ0v) is 41.9. The zero-order valence-electron chi connectivity index (χ0n) is 41.9. The van der Waals surface area contributed by atoms with Gasteiger partial charge in [-0.3, -0.25) is 34.1 Å². The highest BCUT2D eigenvalue weighted by Crippen LogP contribution is 2.40. The molecule has 1 aliphatic rings. The Morgan fingerprint density at radius 1 is 0.538 bits per heavy atom. The van der Waals surface area contributed by atoms with E-state index >= 15 is 0 Å². The molecule has 0 radical (unpaired) electrons. The second kappa shape index (κ2) is 21.4. The molecule has 17 heteroatoms. The number of ether oxygens (including phenoxy) is 5. The van der Waals surface area contributed by atoms with Gasteiger partial charge in [0.25, 0.3) is 5.91 Å². The van der Waals surface area contributed by atoms with Gasteiger partial charge in [-0.1, -0.05) is 18.2 Å². The lowest BCUT2D eigenvalue weighted by Gasteiger charge is -2.19. The molecule has 0 fully saturated rings. The summed E-state index contributed by atoms with van der Waals surface area (Å²) in [4.78, 5) is 62.0. The molecule has 0 bridgehead atoms. The van der Waals surface area contributed by atoms with Gasteiger partial charge in [-0.25, -0.2) is 0 Å². The monoisotopic (exact) mass is 1040 g/mol. The van der Waals surface area contributed by atoms with Crippen molar-refractivity contribution in [2.45, 2.75) is 0 Å². The number of likely N-dealkylation sites (N-methyl/N-ethyl adjacent to an activating group) is 1. The number of amides is 1. The first-order valence-corrected chi connectivity index (χ1v) is 24.3. The van der Waals surface area contributed by atoms with Crippen molar-refractivity contribution >= 4 is 71.5 Å². The van der Waals surface area contributed by atoms with Crippen LogP contribution in [0.15, 0.2) is 192 Å². The minimum absolute atomic E-state index is 0.0759. The van der Waals surface area contributed by atoms with Crippen LogP contribution in [-0.2, 0) is 4.79 Å². The Morgan fingerprint density at radius 2 is 0.987 bits per heavy atom. The van der Waals surface area contributed by atoms with E-state index in [1.165, 1.54) is 51.6 Å². The van der Waals surface area contributed by atoms with E-state index in [9.17, 15) is 24.3 Å². The molecule has 78 heavy (non-hydrogen) atoms. The van der Waals surface area contributed by atoms with E-state index < -0.39 is 0 Å². The Morgan fingerprint density at radius 3 is 1.49 bits per heavy atom. The van der Waals surface area contributed by atoms with Crippen molar-refractivity contribution in [1.29, 1.82) is 0 Å². The molecule has 17 nitrogen and oxygen atoms in total. The van der Waals surface area contributed by atoms with E-state index in [1.807, 2.05) is 91.0 Å². The summed E-state index contributed by atoms with van der Waals surface area (Å²) in [6.07, 6.45) is 5.21. The van der Waals surface area contributed by atoms with Crippen LogP contribution < -0.4 is 45.3 Å². The van der Waals surface area contributed by atoms with E-state index in [0.29, 0.717) is 69.5 Å². The highest BCUT2D eigenvalue weighted by atomic mass is 16.6. The number of fused-ring (bicyclic) bond motifs is 8. The van der Waals surface area contributed by atoms with Gasteiger partial charge in [0.2, 0.25) is 17.2 Å². The number of nitrogens with one attached hydrogen (secondary N) is 1. The summed E-state index contributed by atoms with van der Waals surface area (Å²) < 4.78 is 45.4. The molecule has 6 aromatic carbocycles. The van der Waals surface area contributed by atoms with Gasteiger partial charge in [0.1, 0.15) is 30.5 Å². The topological polar surface area (TPSA) is 225 Å². The Kier molecular flexibility index (Phi) is 13.6. The number of aromatic hydroxyl groups is 1. The van der Waals surface area contributed by atoms with Crippen LogP contribution in [0.4, 0.5) is 0 Å². The average molecular weight is 1040 g/mol. The second-order valence-corrected chi connectivity index (χ2v) is 17.6. The number of rotatable bonds is 8. The van der Waals surface area contributed by atoms with Gasteiger partial charge in [-0.2, -0.15) is 0 Å². The fraction of sp³-hybridized carbons (Fsp3) is 0.0984. The smallest absolute Gasteiger partial charge is 0.257 e. The summed E-state index contributed by atoms with van der Waals surface area (Å²) in [5.41, 5.74) is 5.30. The molecular weight excluding hydrogens is 997 g/mol. The molecule has 386 valence electrons. The Labute approximate surface area is 441 Å². The predicted octanol–water partition coefficient (Wildman–Crippen LogP) is 10.6. The van der Waals surface area contributed by atoms with E-state index in [4.69, 9.17) is 36.9 Å². The predicted molar refractivity (Wildman–Crippen MR) is 295 cm³/mol. The lowest BCUT2D eigenvalue weighted by atomic mass is 10.1. The van der Waals surface area contributed by atoms with Crippen molar-refractivity contribution in [2.75, 3.05) is 41.1 Å². The van der Waals surface area contributed by atoms with Crippen LogP contribution in [0.1, 0.15) is 0 Å². The highest BCUT2D eigenvalue weighted by Gasteiger charge is 2.21. The molecule has 0 spiro atoms. The molecule has 7 heterocycles. The molecule has 13 rings (SSSR count). The summed E-state index contributed by atoms with van der Waals surface area (Å²) in [5.74, 6) is 2.74. The molecule has 0 saturated carbocycles. The minimum atomic E-state index is -0.285. The first-order valence-electron chi connectivity index (χ1n) is 24.3. The van der Waals surface area contributed by atoms with Crippen LogP contribution in [0.3, 0.4) is 0 Å². The average Bonchev–Trinajstić information content (AvgIpc) is 3.50. The van der Waals surface area contributed by atoms with Gasteiger partial charge in [0.15, 0.2) is 56.9 Å². The summed E-state index contributed by atoms with van der Waals surface area (Å²) >= 11 is 0. The fourth-order valence-electron chi connectivity index (χ4n) is 8.92. The van der Waals surface area contributed by atoms with E-state index in [0.717, 1.165) is 49.4 Å². The molecule has 1 aliphatic heterocycles. The van der Waals surface area contributed by atoms with Crippen molar-refractivity contribution in [1.82, 2.24) is 20.3 Å². The van der Waals surface area contributed by atoms with Crippen LogP contribution in [0.2, 0.25) is 0 Å². The van der Waals surface area contributed by atoms with Crippen LogP contribution in [-0.4, -0.2) is 67.1 Å². The SMILES string of the molecule is CNC(=O)COc1ccc2c(=O)cc(-c3ccc4ncccc4c3)oc2c1OC.COc1c(O)ccc2c(=O)cc(-c3ccc4ncccc4c3)oc12.O=c1cc(-c2ccc3ncccc3c2)oc2c3c(ccc12)OCCO3. The Bertz CT molecular complexity index is 4500. The largest absolute Gasteiger partial charge is 0.504 e. The van der Waals surface area contributed by atoms with Crippen LogP contribution in [0.25, 0.3) is 99.6 Å². The number of carbonyl (C=O) groups excluding carboxylic acids is 1. The number of phenols is 1. The lowest BCUT2D eigenvalue weighted by Crippen LogP contribution is -2.24. The van der Waals surface area contributed by atoms with E-state index in [-0.39, 0.29) is 57.2 Å². The van der Waals surface area contributed by atoms with Gasteiger partial charge in [0.05, 0.1) is 46.9 Å². The number of hydrogen-bond donors (Lipinski definition) is 2. The van der Waals surface area contributed by atoms with Crippen molar-refractivity contribution < 1.29 is 46.8 Å². The highest BCUT2D eigenvalue weighted by molar-refractivity contribution is 5.91. The van der Waals surface area contributed by atoms with Gasteiger partial charge in [-0.15, -0.1) is 0 Å². The fourth-order valence-corrected chi connectivity index (χ4v) is 8.92. The number of aromatic nitrogens is 3. The standard InChI is InChI=1S/C22H18N2O5.C20H13NO4.C19H13NO4/c1-23-20(26)12-28-18-8-6-15-17(25)11-19(29-21(15)22(18)27-2)14-5-7-16-13(10-14)4-3-9-24-16;22-16-11-18(13-3-5-15-12(10-13)2-1-7-21-15)25-19-14(16)4-6-17-20(19)24-9-8-23-17;1-23-19-15(21)7-5-13-16(22)10-17(24-18(13)19)12-4-6-14-11(9-12)3-2-8-20-14/h3-11H,12H2,1-2H3,(H,23,26);1-7,10-11H,8-9H2;2-10,21H,1H3. The summed E-state index contributed by atoms with van der Waals surface area (Å²) in [7, 11) is 4.40. The third-order valence-corrected chi connectivity index (χ3v) is 12.8. The first kappa shape index (κ1) is 49.7. The van der Waals surface area contributed by atoms with Gasteiger partial charge < -0.3 is 47.4 Å². The maximum absolute atomic E-state index is 12.7. The van der Waals surface area contributed by atoms with Crippen molar-refractivity contribution in [3.05, 3.63) is 195 Å². The number of pyridine rings is 3. The number of carbonyl (C=O) groups is 1. The minimum Gasteiger partial charge on any atom is -0.504 e. The Balaban J connectivity index is 0.000000125. The van der Waals surface area contributed by atoms with E-state index in [2.05, 4.69) is 20.3 Å². The summed E-state index contributed by atoms with van der Waals surface area (Å²) in [6.45, 7) is 0.738. The quantitative estimate of drug-likeness (QED) is 0.144. The maximum Gasteiger partial charge on any atom is 0.257 e. The normalized spacial score (nSPS) is 11.7. The maximum atomic E-state index is 12.7. The molecule has 0 unspecified atom stereocenters. The van der Waals surface area contributed by atoms with Crippen LogP contribution >= 0.6 is 0 Å². The van der Waals surface area contributed by atoms with Crippen LogP contribution in [0, 0.1) is 0 Å². The number of methoxy groups -OCH3 is 2. The lowest BCUT2D eigenvalue weighted by molar-refractivity contribution is -0.122. The van der Waals surface area contributed by atoms with Crippen molar-refractivity contribution in [2.24, 2.45) is 0 Å². The first-order chi connectivity index (χ1) is 38.1. The molecule has 0 aliphatic carbocycles. The number of benzene rings is 6. The zero-order chi connectivity index (χ0) is 53.9. The molecule has 1 amide bonds. The van der Waals surface area contributed by atoms with Crippen molar-refractivity contribution in [3.63, 3.8) is 0 Å². The van der Waals surface area contributed by atoms with Gasteiger partial charge in [-0.05, 0) is 109 Å². The Hall–Kier alpha value is -10.6. The number of hydrogen-bond acceptors (Lipinski definition) is 16. The van der Waals surface area contributed by atoms with Crippen LogP contribution in [0.5, 0.6) is 34.5 Å². The van der Waals surface area contributed by atoms with Gasteiger partial charge in [0, 0.05) is 76.7 Å². The summed E-state index contributed by atoms with van der Waals surface area (Å²) in [6, 6.07) is 42.4. The molecular formula is C61H44N4O13. The molecule has 2 N–H and O–H groups in total. The van der Waals surface area contributed by atoms with Crippen molar-refractivity contribution in [3.8, 4) is 68.5 Å². The van der Waals surface area contributed by atoms with E-state index in [1.54, 1.807) is 42.9 Å². The third-order valence-electron chi connectivity index (χ3n) is 12.8. The third kappa shape index (κ3) is 9.81. The van der Waals surface area contributed by atoms with Gasteiger partial charge >= 0.3 is 0 Å². The molecule has 6 aromatic heterocycles. The molecule has 0 saturated heterocycles. The second-order valence-electron chi connectivity index (χ2n) is 17.6. The number of nitrogens with zero attached hydrogens (tertiary/aromatic N) is 3. The number of phenolic OH excluding ortho intramolecular Hbond substituents is 1. The molecule has 12 aromatic rings.